The van der Waals surface area contributed by atoms with E-state index >= 15 is 0 Å². The molecule has 0 spiro atoms. The van der Waals surface area contributed by atoms with E-state index in [-0.39, 0.29) is 11.9 Å². The predicted molar refractivity (Wildman–Crippen MR) is 82.4 cm³/mol. The molecule has 0 saturated heterocycles. The van der Waals surface area contributed by atoms with E-state index in [0.717, 1.165) is 17.8 Å². The Morgan fingerprint density at radius 3 is 2.50 bits per heavy atom. The first kappa shape index (κ1) is 14.5. The average molecular weight is 272 g/mol. The number of likely N-dealkylation sites (N-methyl/N-ethyl adjacent to an activating group) is 1. The van der Waals surface area contributed by atoms with Crippen LogP contribution in [0.3, 0.4) is 0 Å². The minimum atomic E-state index is -0.221. The molecule has 0 aliphatic rings. The first-order valence-electron chi connectivity index (χ1n) is 6.95. The fourth-order valence-corrected chi connectivity index (χ4v) is 2.60. The zero-order valence-corrected chi connectivity index (χ0v) is 12.0. The van der Waals surface area contributed by atoms with Gasteiger partial charge in [0.2, 0.25) is 0 Å². The molecule has 106 valence electrons. The Hall–Kier alpha value is -1.87. The summed E-state index contributed by atoms with van der Waals surface area (Å²) in [4.78, 5) is 2.23. The molecule has 3 heteroatoms. The van der Waals surface area contributed by atoms with Crippen LogP contribution in [0, 0.1) is 12.7 Å². The van der Waals surface area contributed by atoms with E-state index in [1.54, 1.807) is 12.1 Å². The Morgan fingerprint density at radius 1 is 1.15 bits per heavy atom. The van der Waals surface area contributed by atoms with Crippen molar-refractivity contribution < 1.29 is 4.39 Å². The lowest BCUT2D eigenvalue weighted by Gasteiger charge is -2.33. The summed E-state index contributed by atoms with van der Waals surface area (Å²) in [6, 6.07) is 14.9. The maximum Gasteiger partial charge on any atom is 0.123 e. The molecule has 1 atom stereocenters. The molecule has 0 amide bonds. The van der Waals surface area contributed by atoms with Crippen LogP contribution in [-0.2, 0) is 0 Å². The third-order valence-electron chi connectivity index (χ3n) is 3.60. The van der Waals surface area contributed by atoms with Gasteiger partial charge in [0, 0.05) is 18.8 Å². The number of hydrogen-bond acceptors (Lipinski definition) is 2. The number of anilines is 1. The number of rotatable bonds is 5. The van der Waals surface area contributed by atoms with Crippen LogP contribution in [0.15, 0.2) is 48.5 Å². The van der Waals surface area contributed by atoms with E-state index in [0.29, 0.717) is 6.54 Å². The topological polar surface area (TPSA) is 29.3 Å². The molecule has 2 nitrogen and oxygen atoms in total. The van der Waals surface area contributed by atoms with Gasteiger partial charge in [-0.3, -0.25) is 0 Å². The summed E-state index contributed by atoms with van der Waals surface area (Å²) in [5, 5.41) is 0. The van der Waals surface area contributed by atoms with Gasteiger partial charge in [-0.25, -0.2) is 4.39 Å². The highest BCUT2D eigenvalue weighted by Crippen LogP contribution is 2.29. The van der Waals surface area contributed by atoms with Crippen LogP contribution < -0.4 is 10.6 Å². The van der Waals surface area contributed by atoms with E-state index in [9.17, 15) is 4.39 Å². The van der Waals surface area contributed by atoms with E-state index in [2.05, 4.69) is 30.9 Å². The summed E-state index contributed by atoms with van der Waals surface area (Å²) in [6.45, 7) is 5.44. The zero-order valence-electron chi connectivity index (χ0n) is 12.0. The largest absolute Gasteiger partial charge is 0.363 e. The highest BCUT2D eigenvalue weighted by Gasteiger charge is 2.19. The SMILES string of the molecule is CCN(c1ccccc1C)C(CN)c1cccc(F)c1. The summed E-state index contributed by atoms with van der Waals surface area (Å²) < 4.78 is 13.5. The molecule has 2 aromatic carbocycles. The van der Waals surface area contributed by atoms with Crippen LogP contribution in [0.2, 0.25) is 0 Å². The van der Waals surface area contributed by atoms with Gasteiger partial charge in [-0.15, -0.1) is 0 Å². The second-order valence-electron chi connectivity index (χ2n) is 4.88. The van der Waals surface area contributed by atoms with Crippen molar-refractivity contribution in [3.05, 3.63) is 65.5 Å². The van der Waals surface area contributed by atoms with Crippen LogP contribution in [0.5, 0.6) is 0 Å². The Kier molecular flexibility index (Phi) is 4.74. The van der Waals surface area contributed by atoms with Crippen molar-refractivity contribution in [1.82, 2.24) is 0 Å². The average Bonchev–Trinajstić information content (AvgIpc) is 2.45. The number of nitrogens with zero attached hydrogens (tertiary/aromatic N) is 1. The molecule has 2 N–H and O–H groups in total. The Labute approximate surface area is 120 Å². The van der Waals surface area contributed by atoms with Crippen LogP contribution in [-0.4, -0.2) is 13.1 Å². The number of para-hydroxylation sites is 1. The van der Waals surface area contributed by atoms with Gasteiger partial charge >= 0.3 is 0 Å². The lowest BCUT2D eigenvalue weighted by Crippen LogP contribution is -2.34. The first-order valence-corrected chi connectivity index (χ1v) is 6.95. The molecule has 0 heterocycles. The third-order valence-corrected chi connectivity index (χ3v) is 3.60. The van der Waals surface area contributed by atoms with Crippen molar-refractivity contribution in [2.45, 2.75) is 19.9 Å². The van der Waals surface area contributed by atoms with E-state index < -0.39 is 0 Å². The summed E-state index contributed by atoms with van der Waals surface area (Å²) in [7, 11) is 0. The standard InChI is InChI=1S/C17H21FN2/c1-3-20(16-10-5-4-7-13(16)2)17(12-19)14-8-6-9-15(18)11-14/h4-11,17H,3,12,19H2,1-2H3. The summed E-state index contributed by atoms with van der Waals surface area (Å²) in [5.41, 5.74) is 9.22. The van der Waals surface area contributed by atoms with Crippen LogP contribution >= 0.6 is 0 Å². The molecule has 0 radical (unpaired) electrons. The fourth-order valence-electron chi connectivity index (χ4n) is 2.60. The molecule has 0 aliphatic carbocycles. The molecule has 1 unspecified atom stereocenters. The van der Waals surface area contributed by atoms with Crippen LogP contribution in [0.25, 0.3) is 0 Å². The second-order valence-corrected chi connectivity index (χ2v) is 4.88. The number of aryl methyl sites for hydroxylation is 1. The number of nitrogens with two attached hydrogens (primary N) is 1. The normalized spacial score (nSPS) is 12.2. The van der Waals surface area contributed by atoms with Crippen molar-refractivity contribution in [3.63, 3.8) is 0 Å². The predicted octanol–water partition coefficient (Wildman–Crippen LogP) is 3.66. The molecule has 0 aromatic heterocycles. The Bertz CT molecular complexity index is 568. The van der Waals surface area contributed by atoms with Gasteiger partial charge in [-0.1, -0.05) is 30.3 Å². The molecule has 2 aromatic rings. The summed E-state index contributed by atoms with van der Waals surface area (Å²) >= 11 is 0. The highest BCUT2D eigenvalue weighted by atomic mass is 19.1. The number of hydrogen-bond donors (Lipinski definition) is 1. The lowest BCUT2D eigenvalue weighted by molar-refractivity contribution is 0.607. The zero-order chi connectivity index (χ0) is 14.5. The highest BCUT2D eigenvalue weighted by molar-refractivity contribution is 5.54. The van der Waals surface area contributed by atoms with Gasteiger partial charge in [-0.2, -0.15) is 0 Å². The molecule has 0 aliphatic heterocycles. The third kappa shape index (κ3) is 2.99. The summed E-state index contributed by atoms with van der Waals surface area (Å²) in [6.07, 6.45) is 0. The minimum absolute atomic E-state index is 0.0169. The van der Waals surface area contributed by atoms with Crippen molar-refractivity contribution in [3.8, 4) is 0 Å². The van der Waals surface area contributed by atoms with E-state index in [4.69, 9.17) is 5.73 Å². The Balaban J connectivity index is 2.40. The molecule has 0 saturated carbocycles. The smallest absolute Gasteiger partial charge is 0.123 e. The monoisotopic (exact) mass is 272 g/mol. The molecule has 2 rings (SSSR count). The fraction of sp³-hybridized carbons (Fsp3) is 0.294. The van der Waals surface area contributed by atoms with E-state index in [1.807, 2.05) is 18.2 Å². The Morgan fingerprint density at radius 2 is 1.90 bits per heavy atom. The second kappa shape index (κ2) is 6.53. The van der Waals surface area contributed by atoms with Gasteiger partial charge < -0.3 is 10.6 Å². The van der Waals surface area contributed by atoms with Crippen molar-refractivity contribution in [2.24, 2.45) is 5.73 Å². The molecule has 20 heavy (non-hydrogen) atoms. The van der Waals surface area contributed by atoms with Crippen molar-refractivity contribution in [1.29, 1.82) is 0 Å². The molecule has 0 bridgehead atoms. The maximum absolute atomic E-state index is 13.5. The molecular weight excluding hydrogens is 251 g/mol. The molecular formula is C17H21FN2. The molecule has 0 fully saturated rings. The summed E-state index contributed by atoms with van der Waals surface area (Å²) in [5.74, 6) is -0.221. The number of halogens is 1. The van der Waals surface area contributed by atoms with Crippen LogP contribution in [0.1, 0.15) is 24.1 Å². The van der Waals surface area contributed by atoms with Crippen molar-refractivity contribution >= 4 is 5.69 Å². The van der Waals surface area contributed by atoms with Gasteiger partial charge in [0.25, 0.3) is 0 Å². The number of benzene rings is 2. The minimum Gasteiger partial charge on any atom is -0.363 e. The van der Waals surface area contributed by atoms with Gasteiger partial charge in [-0.05, 0) is 43.2 Å². The maximum atomic E-state index is 13.5. The first-order chi connectivity index (χ1) is 9.67. The lowest BCUT2D eigenvalue weighted by atomic mass is 10.0. The van der Waals surface area contributed by atoms with Crippen molar-refractivity contribution in [2.75, 3.05) is 18.0 Å². The van der Waals surface area contributed by atoms with E-state index in [1.165, 1.54) is 11.6 Å². The van der Waals surface area contributed by atoms with Gasteiger partial charge in [0.1, 0.15) is 5.82 Å². The van der Waals surface area contributed by atoms with Crippen LogP contribution in [0.4, 0.5) is 10.1 Å². The van der Waals surface area contributed by atoms with Gasteiger partial charge in [0.15, 0.2) is 0 Å². The van der Waals surface area contributed by atoms with Gasteiger partial charge in [0.05, 0.1) is 6.04 Å². The quantitative estimate of drug-likeness (QED) is 0.900.